The first-order chi connectivity index (χ1) is 8.92. The van der Waals surface area contributed by atoms with E-state index in [1.54, 1.807) is 11.0 Å². The number of hydrogen-bond donors (Lipinski definition) is 1. The predicted octanol–water partition coefficient (Wildman–Crippen LogP) is 1.07. The van der Waals surface area contributed by atoms with Gasteiger partial charge in [-0.15, -0.1) is 0 Å². The van der Waals surface area contributed by atoms with Gasteiger partial charge in [-0.25, -0.2) is 4.98 Å². The summed E-state index contributed by atoms with van der Waals surface area (Å²) in [4.78, 5) is 6.81. The fraction of sp³-hybridized carbons (Fsp3) is 0.857. The number of rotatable bonds is 5. The van der Waals surface area contributed by atoms with Gasteiger partial charge in [0.1, 0.15) is 6.33 Å². The number of likely N-dealkylation sites (tertiary alicyclic amines) is 1. The van der Waals surface area contributed by atoms with Crippen LogP contribution < -0.4 is 5.32 Å². The number of aromatic nitrogens is 3. The summed E-state index contributed by atoms with van der Waals surface area (Å²) < 4.78 is 1.77. The van der Waals surface area contributed by atoms with E-state index >= 15 is 0 Å². The van der Waals surface area contributed by atoms with Crippen LogP contribution in [0.15, 0.2) is 6.33 Å². The largest absolute Gasteiger partial charge is 0.312 e. The van der Waals surface area contributed by atoms with E-state index in [0.29, 0.717) is 0 Å². The molecule has 1 aromatic heterocycles. The van der Waals surface area contributed by atoms with E-state index in [9.17, 15) is 0 Å². The Morgan fingerprint density at radius 3 is 2.84 bits per heavy atom. The summed E-state index contributed by atoms with van der Waals surface area (Å²) >= 11 is 0. The van der Waals surface area contributed by atoms with Gasteiger partial charge in [0, 0.05) is 32.1 Å². The van der Waals surface area contributed by atoms with Crippen molar-refractivity contribution in [3.05, 3.63) is 12.2 Å². The highest BCUT2D eigenvalue weighted by atomic mass is 15.3. The van der Waals surface area contributed by atoms with Crippen molar-refractivity contribution in [1.82, 2.24) is 25.0 Å². The molecule has 0 amide bonds. The van der Waals surface area contributed by atoms with E-state index in [-0.39, 0.29) is 5.54 Å². The van der Waals surface area contributed by atoms with Crippen LogP contribution in [0.4, 0.5) is 0 Å². The van der Waals surface area contributed by atoms with Crippen molar-refractivity contribution in [3.8, 4) is 0 Å². The lowest BCUT2D eigenvalue weighted by atomic mass is 10.1. The summed E-state index contributed by atoms with van der Waals surface area (Å²) in [5.74, 6) is 1.75. The molecule has 1 aromatic rings. The number of nitrogens with one attached hydrogen (secondary N) is 1. The van der Waals surface area contributed by atoms with Gasteiger partial charge < -0.3 is 10.2 Å². The van der Waals surface area contributed by atoms with E-state index in [0.717, 1.165) is 31.3 Å². The minimum Gasteiger partial charge on any atom is -0.312 e. The fourth-order valence-electron chi connectivity index (χ4n) is 2.49. The van der Waals surface area contributed by atoms with Crippen LogP contribution >= 0.6 is 0 Å². The van der Waals surface area contributed by atoms with E-state index in [1.165, 1.54) is 19.5 Å². The van der Waals surface area contributed by atoms with Crippen molar-refractivity contribution in [1.29, 1.82) is 0 Å². The monoisotopic (exact) mass is 265 g/mol. The molecule has 0 saturated carbocycles. The molecule has 1 fully saturated rings. The maximum Gasteiger partial charge on any atom is 0.151 e. The zero-order valence-corrected chi connectivity index (χ0v) is 12.7. The third kappa shape index (κ3) is 4.91. The number of aryl methyl sites for hydroxylation is 1. The molecule has 5 nitrogen and oxygen atoms in total. The third-order valence-electron chi connectivity index (χ3n) is 3.59. The fourth-order valence-corrected chi connectivity index (χ4v) is 2.49. The van der Waals surface area contributed by atoms with Gasteiger partial charge in [0.05, 0.1) is 0 Å². The summed E-state index contributed by atoms with van der Waals surface area (Å²) in [6.45, 7) is 11.3. The summed E-state index contributed by atoms with van der Waals surface area (Å²) in [6.07, 6.45) is 4.04. The second kappa shape index (κ2) is 6.01. The molecule has 2 rings (SSSR count). The molecule has 0 aliphatic carbocycles. The summed E-state index contributed by atoms with van der Waals surface area (Å²) in [6, 6.07) is 0. The van der Waals surface area contributed by atoms with Crippen LogP contribution in [-0.4, -0.2) is 51.4 Å². The average molecular weight is 265 g/mol. The minimum atomic E-state index is 0.227. The SMILES string of the molecule is Cn1cnc(CCN2CCC(CNC(C)(C)C)C2)n1. The van der Waals surface area contributed by atoms with Gasteiger partial charge in [-0.1, -0.05) is 0 Å². The predicted molar refractivity (Wildman–Crippen MR) is 77.0 cm³/mol. The molecule has 0 aromatic carbocycles. The Hall–Kier alpha value is -0.940. The molecule has 1 atom stereocenters. The standard InChI is InChI=1S/C14H27N5/c1-14(2,3)16-9-12-5-7-19(10-12)8-6-13-15-11-18(4)17-13/h11-12,16H,5-10H2,1-4H3. The van der Waals surface area contributed by atoms with Gasteiger partial charge >= 0.3 is 0 Å². The first-order valence-corrected chi connectivity index (χ1v) is 7.24. The zero-order chi connectivity index (χ0) is 13.9. The molecule has 1 unspecified atom stereocenters. The van der Waals surface area contributed by atoms with Crippen LogP contribution in [0.1, 0.15) is 33.0 Å². The first-order valence-electron chi connectivity index (χ1n) is 7.24. The van der Waals surface area contributed by atoms with Crippen LogP contribution in [0.3, 0.4) is 0 Å². The van der Waals surface area contributed by atoms with Gasteiger partial charge in [0.2, 0.25) is 0 Å². The molecule has 108 valence electrons. The summed E-state index contributed by atoms with van der Waals surface area (Å²) in [5.41, 5.74) is 0.227. The van der Waals surface area contributed by atoms with Crippen LogP contribution in [0.2, 0.25) is 0 Å². The van der Waals surface area contributed by atoms with Crippen molar-refractivity contribution in [3.63, 3.8) is 0 Å². The van der Waals surface area contributed by atoms with E-state index < -0.39 is 0 Å². The molecular formula is C14H27N5. The lowest BCUT2D eigenvalue weighted by Gasteiger charge is -2.23. The topological polar surface area (TPSA) is 46.0 Å². The molecule has 2 heterocycles. The van der Waals surface area contributed by atoms with E-state index in [1.807, 2.05) is 7.05 Å². The summed E-state index contributed by atoms with van der Waals surface area (Å²) in [7, 11) is 1.92. The minimum absolute atomic E-state index is 0.227. The highest BCUT2D eigenvalue weighted by Gasteiger charge is 2.23. The molecule has 1 aliphatic heterocycles. The maximum absolute atomic E-state index is 4.33. The van der Waals surface area contributed by atoms with Crippen LogP contribution in [0, 0.1) is 5.92 Å². The highest BCUT2D eigenvalue weighted by molar-refractivity contribution is 4.85. The van der Waals surface area contributed by atoms with Crippen molar-refractivity contribution >= 4 is 0 Å². The quantitative estimate of drug-likeness (QED) is 0.865. The third-order valence-corrected chi connectivity index (χ3v) is 3.59. The Morgan fingerprint density at radius 1 is 1.42 bits per heavy atom. The lowest BCUT2D eigenvalue weighted by Crippen LogP contribution is -2.39. The second-order valence-corrected chi connectivity index (χ2v) is 6.67. The first kappa shape index (κ1) is 14.5. The Kier molecular flexibility index (Phi) is 4.58. The molecule has 0 radical (unpaired) electrons. The highest BCUT2D eigenvalue weighted by Crippen LogP contribution is 2.16. The van der Waals surface area contributed by atoms with Crippen molar-refractivity contribution in [2.24, 2.45) is 13.0 Å². The second-order valence-electron chi connectivity index (χ2n) is 6.67. The Morgan fingerprint density at radius 2 is 2.21 bits per heavy atom. The maximum atomic E-state index is 4.33. The molecule has 1 aliphatic rings. The molecule has 0 bridgehead atoms. The van der Waals surface area contributed by atoms with Gasteiger partial charge in [-0.05, 0) is 46.2 Å². The molecule has 1 saturated heterocycles. The molecule has 0 spiro atoms. The Balaban J connectivity index is 1.67. The van der Waals surface area contributed by atoms with Crippen molar-refractivity contribution in [2.75, 3.05) is 26.2 Å². The van der Waals surface area contributed by atoms with Gasteiger partial charge in [-0.3, -0.25) is 4.68 Å². The Labute approximate surface area is 116 Å². The van der Waals surface area contributed by atoms with E-state index in [2.05, 4.69) is 41.1 Å². The van der Waals surface area contributed by atoms with Gasteiger partial charge in [0.25, 0.3) is 0 Å². The summed E-state index contributed by atoms with van der Waals surface area (Å²) in [5, 5.41) is 7.93. The van der Waals surface area contributed by atoms with Crippen molar-refractivity contribution in [2.45, 2.75) is 39.2 Å². The smallest absolute Gasteiger partial charge is 0.151 e. The van der Waals surface area contributed by atoms with Gasteiger partial charge in [-0.2, -0.15) is 5.10 Å². The molecule has 5 heteroatoms. The van der Waals surface area contributed by atoms with Crippen LogP contribution in [0.5, 0.6) is 0 Å². The lowest BCUT2D eigenvalue weighted by molar-refractivity contribution is 0.313. The van der Waals surface area contributed by atoms with Crippen molar-refractivity contribution < 1.29 is 0 Å². The van der Waals surface area contributed by atoms with Crippen LogP contribution in [-0.2, 0) is 13.5 Å². The molecule has 1 N–H and O–H groups in total. The normalized spacial score (nSPS) is 21.2. The average Bonchev–Trinajstić information content (AvgIpc) is 2.92. The van der Waals surface area contributed by atoms with Gasteiger partial charge in [0.15, 0.2) is 5.82 Å². The van der Waals surface area contributed by atoms with Crippen LogP contribution in [0.25, 0.3) is 0 Å². The molecular weight excluding hydrogens is 238 g/mol. The molecule has 19 heavy (non-hydrogen) atoms. The Bertz CT molecular complexity index is 393. The van der Waals surface area contributed by atoms with E-state index in [4.69, 9.17) is 0 Å². The number of nitrogens with zero attached hydrogens (tertiary/aromatic N) is 4. The zero-order valence-electron chi connectivity index (χ0n) is 12.7. The number of hydrogen-bond acceptors (Lipinski definition) is 4.